The van der Waals surface area contributed by atoms with Crippen LogP contribution in [0.15, 0.2) is 48.5 Å². The van der Waals surface area contributed by atoms with Gasteiger partial charge in [-0.05, 0) is 42.8 Å². The third kappa shape index (κ3) is 4.09. The van der Waals surface area contributed by atoms with E-state index in [0.29, 0.717) is 16.6 Å². The Morgan fingerprint density at radius 2 is 1.94 bits per heavy atom. The van der Waals surface area contributed by atoms with Gasteiger partial charge in [0, 0.05) is 18.0 Å². The molecule has 7 nitrogen and oxygen atoms in total. The van der Waals surface area contributed by atoms with Crippen LogP contribution in [0.25, 0.3) is 22.3 Å². The number of methoxy groups -OCH3 is 2. The monoisotopic (exact) mass is 438 g/mol. The molecule has 0 bridgehead atoms. The Kier molecular flexibility index (Phi) is 5.86. The van der Waals surface area contributed by atoms with Crippen molar-refractivity contribution in [1.82, 2.24) is 14.8 Å². The zero-order valence-corrected chi connectivity index (χ0v) is 18.3. The van der Waals surface area contributed by atoms with E-state index in [9.17, 15) is 4.79 Å². The van der Waals surface area contributed by atoms with Gasteiger partial charge >= 0.3 is 0 Å². The number of nitrogens with one attached hydrogen (secondary N) is 2. The lowest BCUT2D eigenvalue weighted by Gasteiger charge is -2.07. The summed E-state index contributed by atoms with van der Waals surface area (Å²) in [6.45, 7) is 2.87. The lowest BCUT2D eigenvalue weighted by atomic mass is 10.1. The van der Waals surface area contributed by atoms with Gasteiger partial charge in [-0.2, -0.15) is 5.10 Å². The molecule has 2 heterocycles. The minimum absolute atomic E-state index is 0.179. The van der Waals surface area contributed by atoms with Crippen molar-refractivity contribution in [3.05, 3.63) is 59.1 Å². The average molecular weight is 439 g/mol. The maximum absolute atomic E-state index is 12.5. The molecule has 1 amide bonds. The Morgan fingerprint density at radius 3 is 2.65 bits per heavy atom. The van der Waals surface area contributed by atoms with Crippen LogP contribution in [0.5, 0.6) is 11.5 Å². The molecular weight excluding hydrogens is 416 g/mol. The van der Waals surface area contributed by atoms with Gasteiger partial charge in [0.2, 0.25) is 5.91 Å². The standard InChI is InChI=1S/C23H23ClN4O3/c1-4-28-18-6-5-7-20(30-2)15(18)12-19(28)17-13-22(27-26-17)25-23(29)11-14-8-9-21(31-3)16(24)10-14/h5-10,12-13H,4,11H2,1-3H3,(H2,25,26,27,29). The first-order valence-corrected chi connectivity index (χ1v) is 10.3. The fourth-order valence-electron chi connectivity index (χ4n) is 3.71. The number of ether oxygens (including phenoxy) is 2. The maximum Gasteiger partial charge on any atom is 0.229 e. The molecule has 0 unspecified atom stereocenters. The summed E-state index contributed by atoms with van der Waals surface area (Å²) in [5, 5.41) is 11.6. The normalized spacial score (nSPS) is 11.0. The zero-order valence-electron chi connectivity index (χ0n) is 17.5. The molecule has 4 aromatic rings. The first kappa shape index (κ1) is 20.8. The summed E-state index contributed by atoms with van der Waals surface area (Å²) in [5.74, 6) is 1.67. The largest absolute Gasteiger partial charge is 0.496 e. The molecule has 0 fully saturated rings. The Hall–Kier alpha value is -3.45. The lowest BCUT2D eigenvalue weighted by Crippen LogP contribution is -2.14. The minimum atomic E-state index is -0.183. The van der Waals surface area contributed by atoms with Crippen LogP contribution in [0.1, 0.15) is 12.5 Å². The van der Waals surface area contributed by atoms with E-state index in [2.05, 4.69) is 39.1 Å². The van der Waals surface area contributed by atoms with Crippen molar-refractivity contribution in [3.63, 3.8) is 0 Å². The van der Waals surface area contributed by atoms with Gasteiger partial charge < -0.3 is 19.4 Å². The number of amides is 1. The summed E-state index contributed by atoms with van der Waals surface area (Å²) in [7, 11) is 3.22. The summed E-state index contributed by atoms with van der Waals surface area (Å²) >= 11 is 6.14. The van der Waals surface area contributed by atoms with Gasteiger partial charge in [0.05, 0.1) is 42.6 Å². The quantitative estimate of drug-likeness (QED) is 0.430. The third-order valence-electron chi connectivity index (χ3n) is 5.14. The molecule has 0 saturated heterocycles. The number of aromatic amines is 1. The molecule has 0 saturated carbocycles. The number of fused-ring (bicyclic) bond motifs is 1. The molecule has 2 aromatic carbocycles. The van der Waals surface area contributed by atoms with E-state index < -0.39 is 0 Å². The van der Waals surface area contributed by atoms with Crippen LogP contribution in [0.2, 0.25) is 5.02 Å². The van der Waals surface area contributed by atoms with Crippen molar-refractivity contribution in [2.24, 2.45) is 0 Å². The van der Waals surface area contributed by atoms with Crippen LogP contribution in [-0.4, -0.2) is 34.9 Å². The second-order valence-electron chi connectivity index (χ2n) is 7.03. The van der Waals surface area contributed by atoms with E-state index in [-0.39, 0.29) is 12.3 Å². The second kappa shape index (κ2) is 8.73. The summed E-state index contributed by atoms with van der Waals surface area (Å²) in [4.78, 5) is 12.5. The summed E-state index contributed by atoms with van der Waals surface area (Å²) in [5.41, 5.74) is 3.64. The number of anilines is 1. The molecule has 8 heteroatoms. The van der Waals surface area contributed by atoms with Crippen LogP contribution in [-0.2, 0) is 17.8 Å². The fraction of sp³-hybridized carbons (Fsp3) is 0.217. The SMILES string of the molecule is CCn1c(-c2cc(NC(=O)Cc3ccc(OC)c(Cl)c3)n[nH]2)cc2c(OC)cccc21. The fourth-order valence-corrected chi connectivity index (χ4v) is 3.99. The van der Waals surface area contributed by atoms with Crippen molar-refractivity contribution in [2.75, 3.05) is 19.5 Å². The molecule has 0 aliphatic heterocycles. The molecule has 0 aliphatic rings. The third-order valence-corrected chi connectivity index (χ3v) is 5.44. The number of hydrogen-bond acceptors (Lipinski definition) is 4. The van der Waals surface area contributed by atoms with Crippen molar-refractivity contribution in [3.8, 4) is 22.9 Å². The molecule has 2 aromatic heterocycles. The Balaban J connectivity index is 1.54. The molecule has 0 atom stereocenters. The van der Waals surface area contributed by atoms with Crippen LogP contribution in [0.3, 0.4) is 0 Å². The van der Waals surface area contributed by atoms with Crippen LogP contribution < -0.4 is 14.8 Å². The van der Waals surface area contributed by atoms with Crippen molar-refractivity contribution >= 4 is 34.2 Å². The molecule has 0 radical (unpaired) electrons. The van der Waals surface area contributed by atoms with Gasteiger partial charge in [0.25, 0.3) is 0 Å². The number of H-pyrrole nitrogens is 1. The first-order chi connectivity index (χ1) is 15.0. The van der Waals surface area contributed by atoms with Gasteiger partial charge in [-0.1, -0.05) is 23.7 Å². The number of halogens is 1. The summed E-state index contributed by atoms with van der Waals surface area (Å²) < 4.78 is 12.8. The second-order valence-corrected chi connectivity index (χ2v) is 7.43. The maximum atomic E-state index is 12.5. The number of rotatable bonds is 7. The van der Waals surface area contributed by atoms with E-state index in [0.717, 1.165) is 40.1 Å². The zero-order chi connectivity index (χ0) is 22.0. The topological polar surface area (TPSA) is 81.2 Å². The predicted molar refractivity (Wildman–Crippen MR) is 122 cm³/mol. The number of aryl methyl sites for hydroxylation is 1. The van der Waals surface area contributed by atoms with Gasteiger partial charge in [-0.25, -0.2) is 0 Å². The molecule has 31 heavy (non-hydrogen) atoms. The molecule has 160 valence electrons. The van der Waals surface area contributed by atoms with Gasteiger partial charge in [0.15, 0.2) is 5.82 Å². The van der Waals surface area contributed by atoms with E-state index in [4.69, 9.17) is 21.1 Å². The number of aromatic nitrogens is 3. The minimum Gasteiger partial charge on any atom is -0.496 e. The van der Waals surface area contributed by atoms with E-state index >= 15 is 0 Å². The highest BCUT2D eigenvalue weighted by Crippen LogP contribution is 2.33. The van der Waals surface area contributed by atoms with Gasteiger partial charge in [-0.15, -0.1) is 0 Å². The first-order valence-electron chi connectivity index (χ1n) is 9.88. The van der Waals surface area contributed by atoms with Gasteiger partial charge in [-0.3, -0.25) is 9.89 Å². The van der Waals surface area contributed by atoms with E-state index in [1.807, 2.05) is 24.3 Å². The van der Waals surface area contributed by atoms with E-state index in [1.54, 1.807) is 26.4 Å². The Bertz CT molecular complexity index is 1250. The van der Waals surface area contributed by atoms with Gasteiger partial charge in [0.1, 0.15) is 11.5 Å². The van der Waals surface area contributed by atoms with Crippen molar-refractivity contribution in [2.45, 2.75) is 19.9 Å². The van der Waals surface area contributed by atoms with Crippen LogP contribution in [0.4, 0.5) is 5.82 Å². The lowest BCUT2D eigenvalue weighted by molar-refractivity contribution is -0.115. The molecule has 0 aliphatic carbocycles. The predicted octanol–water partition coefficient (Wildman–Crippen LogP) is 4.90. The Morgan fingerprint density at radius 1 is 1.13 bits per heavy atom. The number of nitrogens with zero attached hydrogens (tertiary/aromatic N) is 2. The van der Waals surface area contributed by atoms with Crippen LogP contribution in [0, 0.1) is 0 Å². The molecule has 2 N–H and O–H groups in total. The van der Waals surface area contributed by atoms with Crippen molar-refractivity contribution in [1.29, 1.82) is 0 Å². The highest BCUT2D eigenvalue weighted by Gasteiger charge is 2.16. The van der Waals surface area contributed by atoms with E-state index in [1.165, 1.54) is 0 Å². The smallest absolute Gasteiger partial charge is 0.229 e. The highest BCUT2D eigenvalue weighted by atomic mass is 35.5. The molecule has 0 spiro atoms. The van der Waals surface area contributed by atoms with Crippen molar-refractivity contribution < 1.29 is 14.3 Å². The summed E-state index contributed by atoms with van der Waals surface area (Å²) in [6, 6.07) is 15.1. The number of benzene rings is 2. The Labute approximate surface area is 184 Å². The molecular formula is C23H23ClN4O3. The summed E-state index contributed by atoms with van der Waals surface area (Å²) in [6.07, 6.45) is 0.179. The average Bonchev–Trinajstić information content (AvgIpc) is 3.37. The van der Waals surface area contributed by atoms with Crippen LogP contribution >= 0.6 is 11.6 Å². The highest BCUT2D eigenvalue weighted by molar-refractivity contribution is 6.32. The number of hydrogen-bond donors (Lipinski definition) is 2. The molecule has 4 rings (SSSR count). The number of carbonyl (C=O) groups is 1. The number of carbonyl (C=O) groups excluding carboxylic acids is 1.